The zero-order valence-electron chi connectivity index (χ0n) is 15.5. The van der Waals surface area contributed by atoms with Gasteiger partial charge in [0.15, 0.2) is 0 Å². The molecule has 0 saturated carbocycles. The van der Waals surface area contributed by atoms with Gasteiger partial charge in [-0.15, -0.1) is 0 Å². The molecule has 0 radical (unpaired) electrons. The first-order chi connectivity index (χ1) is 13.5. The van der Waals surface area contributed by atoms with Crippen LogP contribution in [0.2, 0.25) is 0 Å². The molecule has 0 bridgehead atoms. The smallest absolute Gasteiger partial charge is 0.295 e. The third kappa shape index (κ3) is 3.95. The van der Waals surface area contributed by atoms with E-state index in [-0.39, 0.29) is 37.7 Å². The number of benzene rings is 1. The van der Waals surface area contributed by atoms with Crippen molar-refractivity contribution in [1.82, 2.24) is 9.88 Å². The van der Waals surface area contributed by atoms with Crippen LogP contribution >= 0.6 is 0 Å². The number of Topliss-reactive ketones (excluding diaryl/α,β-unsaturated/α-hetero) is 1. The normalized spacial score (nSPS) is 18.6. The summed E-state index contributed by atoms with van der Waals surface area (Å²) in [6, 6.07) is 11.5. The molecule has 1 unspecified atom stereocenters. The van der Waals surface area contributed by atoms with Gasteiger partial charge in [-0.3, -0.25) is 14.6 Å². The molecule has 1 amide bonds. The van der Waals surface area contributed by atoms with Crippen LogP contribution in [0.15, 0.2) is 54.2 Å². The molecule has 3 rings (SSSR count). The highest BCUT2D eigenvalue weighted by Gasteiger charge is 2.46. The molecule has 7 heteroatoms. The van der Waals surface area contributed by atoms with E-state index in [1.54, 1.807) is 36.5 Å². The van der Waals surface area contributed by atoms with E-state index in [0.29, 0.717) is 11.3 Å². The average Bonchev–Trinajstić information content (AvgIpc) is 2.97. The monoisotopic (exact) mass is 382 g/mol. The lowest BCUT2D eigenvalue weighted by Crippen LogP contribution is -2.33. The van der Waals surface area contributed by atoms with Crippen LogP contribution < -0.4 is 0 Å². The highest BCUT2D eigenvalue weighted by Crippen LogP contribution is 2.38. The van der Waals surface area contributed by atoms with Crippen molar-refractivity contribution in [2.45, 2.75) is 13.0 Å². The van der Waals surface area contributed by atoms with Crippen LogP contribution in [0.1, 0.15) is 22.9 Å². The van der Waals surface area contributed by atoms with Crippen molar-refractivity contribution < 1.29 is 24.5 Å². The first kappa shape index (κ1) is 19.7. The number of ether oxygens (including phenoxy) is 1. The zero-order valence-corrected chi connectivity index (χ0v) is 15.5. The number of carbonyl (C=O) groups is 2. The Morgan fingerprint density at radius 3 is 2.54 bits per heavy atom. The van der Waals surface area contributed by atoms with Crippen LogP contribution in [0, 0.1) is 6.92 Å². The highest BCUT2D eigenvalue weighted by molar-refractivity contribution is 6.46. The summed E-state index contributed by atoms with van der Waals surface area (Å²) in [7, 11) is 0. The molecule has 1 atom stereocenters. The quantitative estimate of drug-likeness (QED) is 0.328. The minimum absolute atomic E-state index is 0.00899. The SMILES string of the molecule is Cc1ccc(C(O)=C2C(=O)C(=O)N(CCOCCO)C2c2ccccn2)cc1. The third-order valence-corrected chi connectivity index (χ3v) is 4.55. The summed E-state index contributed by atoms with van der Waals surface area (Å²) in [6.07, 6.45) is 1.57. The Morgan fingerprint density at radius 2 is 1.89 bits per heavy atom. The van der Waals surface area contributed by atoms with E-state index in [1.165, 1.54) is 4.90 Å². The van der Waals surface area contributed by atoms with Crippen molar-refractivity contribution in [3.05, 3.63) is 71.1 Å². The molecule has 1 saturated heterocycles. The highest BCUT2D eigenvalue weighted by atomic mass is 16.5. The van der Waals surface area contributed by atoms with Gasteiger partial charge in [0.2, 0.25) is 0 Å². The minimum atomic E-state index is -0.805. The van der Waals surface area contributed by atoms with Crippen molar-refractivity contribution in [2.75, 3.05) is 26.4 Å². The number of aryl methyl sites for hydroxylation is 1. The van der Waals surface area contributed by atoms with Gasteiger partial charge in [-0.1, -0.05) is 35.9 Å². The Hall–Kier alpha value is -3.03. The van der Waals surface area contributed by atoms with Crippen LogP contribution in [0.4, 0.5) is 0 Å². The molecule has 2 N–H and O–H groups in total. The van der Waals surface area contributed by atoms with Crippen LogP contribution in [0.25, 0.3) is 5.76 Å². The van der Waals surface area contributed by atoms with Gasteiger partial charge in [0.25, 0.3) is 11.7 Å². The Bertz CT molecular complexity index is 877. The van der Waals surface area contributed by atoms with Gasteiger partial charge in [0.1, 0.15) is 11.8 Å². The number of carbonyl (C=O) groups excluding carboxylic acids is 2. The molecule has 1 aromatic heterocycles. The molecule has 1 aromatic carbocycles. The van der Waals surface area contributed by atoms with Gasteiger partial charge in [-0.05, 0) is 19.1 Å². The second-order valence-corrected chi connectivity index (χ2v) is 6.45. The van der Waals surface area contributed by atoms with Crippen molar-refractivity contribution in [1.29, 1.82) is 0 Å². The number of nitrogens with zero attached hydrogens (tertiary/aromatic N) is 2. The molecular formula is C21H22N2O5. The van der Waals surface area contributed by atoms with Crippen molar-refractivity contribution in [3.8, 4) is 0 Å². The van der Waals surface area contributed by atoms with E-state index >= 15 is 0 Å². The fourth-order valence-corrected chi connectivity index (χ4v) is 3.15. The summed E-state index contributed by atoms with van der Waals surface area (Å²) in [5, 5.41) is 19.7. The van der Waals surface area contributed by atoms with Gasteiger partial charge in [-0.2, -0.15) is 0 Å². The molecule has 146 valence electrons. The molecule has 7 nitrogen and oxygen atoms in total. The van der Waals surface area contributed by atoms with Gasteiger partial charge >= 0.3 is 0 Å². The molecule has 1 aliphatic rings. The maximum absolute atomic E-state index is 12.8. The first-order valence-electron chi connectivity index (χ1n) is 8.99. The van der Waals surface area contributed by atoms with Crippen LogP contribution in [0.3, 0.4) is 0 Å². The number of aliphatic hydroxyl groups excluding tert-OH is 2. The molecule has 1 aliphatic heterocycles. The number of rotatable bonds is 7. The number of ketones is 1. The lowest BCUT2D eigenvalue weighted by molar-refractivity contribution is -0.140. The Kier molecular flexibility index (Phi) is 6.18. The van der Waals surface area contributed by atoms with Gasteiger partial charge in [0.05, 0.1) is 31.1 Å². The number of aromatic nitrogens is 1. The molecule has 0 spiro atoms. The summed E-state index contributed by atoms with van der Waals surface area (Å²) in [4.78, 5) is 31.0. The fourth-order valence-electron chi connectivity index (χ4n) is 3.15. The second kappa shape index (κ2) is 8.77. The molecule has 2 aromatic rings. The Morgan fingerprint density at radius 1 is 1.14 bits per heavy atom. The molecule has 28 heavy (non-hydrogen) atoms. The number of likely N-dealkylation sites (tertiary alicyclic amines) is 1. The number of amides is 1. The largest absolute Gasteiger partial charge is 0.507 e. The predicted molar refractivity (Wildman–Crippen MR) is 102 cm³/mol. The standard InChI is InChI=1S/C21H22N2O5/c1-14-5-7-15(8-6-14)19(25)17-18(16-4-2-3-9-22-16)23(21(27)20(17)26)10-12-28-13-11-24/h2-9,18,24-25H,10-13H2,1H3. The lowest BCUT2D eigenvalue weighted by atomic mass is 9.98. The summed E-state index contributed by atoms with van der Waals surface area (Å²) in [6.45, 7) is 2.22. The van der Waals surface area contributed by atoms with Crippen LogP contribution in [-0.4, -0.2) is 58.2 Å². The van der Waals surface area contributed by atoms with E-state index in [1.807, 2.05) is 19.1 Å². The summed E-state index contributed by atoms with van der Waals surface area (Å²) < 4.78 is 5.25. The van der Waals surface area contributed by atoms with Crippen molar-refractivity contribution in [2.24, 2.45) is 0 Å². The van der Waals surface area contributed by atoms with Crippen molar-refractivity contribution >= 4 is 17.4 Å². The number of hydrogen-bond donors (Lipinski definition) is 2. The molecular weight excluding hydrogens is 360 g/mol. The molecule has 1 fully saturated rings. The van der Waals surface area contributed by atoms with E-state index < -0.39 is 17.7 Å². The predicted octanol–water partition coefficient (Wildman–Crippen LogP) is 1.82. The Labute approximate surface area is 162 Å². The number of aliphatic hydroxyl groups is 2. The third-order valence-electron chi connectivity index (χ3n) is 4.55. The Balaban J connectivity index is 2.03. The van der Waals surface area contributed by atoms with Crippen LogP contribution in [0.5, 0.6) is 0 Å². The fraction of sp³-hybridized carbons (Fsp3) is 0.286. The maximum atomic E-state index is 12.8. The van der Waals surface area contributed by atoms with E-state index in [9.17, 15) is 14.7 Å². The number of pyridine rings is 1. The van der Waals surface area contributed by atoms with Gasteiger partial charge < -0.3 is 19.8 Å². The second-order valence-electron chi connectivity index (χ2n) is 6.45. The van der Waals surface area contributed by atoms with Gasteiger partial charge in [0, 0.05) is 18.3 Å². The van der Waals surface area contributed by atoms with Crippen molar-refractivity contribution in [3.63, 3.8) is 0 Å². The topological polar surface area (TPSA) is 100.0 Å². The minimum Gasteiger partial charge on any atom is -0.507 e. The van der Waals surface area contributed by atoms with E-state index in [0.717, 1.165) is 5.56 Å². The van der Waals surface area contributed by atoms with E-state index in [4.69, 9.17) is 9.84 Å². The molecule has 2 heterocycles. The maximum Gasteiger partial charge on any atom is 0.295 e. The summed E-state index contributed by atoms with van der Waals surface area (Å²) in [5.41, 5.74) is 1.97. The summed E-state index contributed by atoms with van der Waals surface area (Å²) >= 11 is 0. The first-order valence-corrected chi connectivity index (χ1v) is 8.99. The molecule has 0 aliphatic carbocycles. The average molecular weight is 382 g/mol. The van der Waals surface area contributed by atoms with E-state index in [2.05, 4.69) is 4.98 Å². The lowest BCUT2D eigenvalue weighted by Gasteiger charge is -2.24. The summed E-state index contributed by atoms with van der Waals surface area (Å²) in [5.74, 6) is -1.69. The van der Waals surface area contributed by atoms with Crippen LogP contribution in [-0.2, 0) is 14.3 Å². The van der Waals surface area contributed by atoms with Gasteiger partial charge in [-0.25, -0.2) is 0 Å². The zero-order chi connectivity index (χ0) is 20.1. The number of hydrogen-bond acceptors (Lipinski definition) is 6.